The minimum Gasteiger partial charge on any atom is -0.436 e. The molecule has 3 aromatic heterocycles. The molecule has 0 spiro atoms. The van der Waals surface area contributed by atoms with Gasteiger partial charge in [-0.15, -0.1) is 0 Å². The fourth-order valence-electron chi connectivity index (χ4n) is 4.81. The summed E-state index contributed by atoms with van der Waals surface area (Å²) >= 11 is 0. The van der Waals surface area contributed by atoms with E-state index in [0.717, 1.165) is 35.1 Å². The van der Waals surface area contributed by atoms with Crippen LogP contribution in [0.3, 0.4) is 0 Å². The van der Waals surface area contributed by atoms with Crippen LogP contribution in [0.15, 0.2) is 41.1 Å². The van der Waals surface area contributed by atoms with Gasteiger partial charge in [0, 0.05) is 54.9 Å². The fraction of sp³-hybridized carbons (Fsp3) is 0.385. The molecular weight excluding hydrogens is 463 g/mol. The lowest BCUT2D eigenvalue weighted by atomic mass is 10.1. The Morgan fingerprint density at radius 3 is 2.89 bits per heavy atom. The number of nitrogens with one attached hydrogen (secondary N) is 2. The van der Waals surface area contributed by atoms with Crippen LogP contribution >= 0.6 is 0 Å². The van der Waals surface area contributed by atoms with E-state index < -0.39 is 6.67 Å². The molecule has 2 fully saturated rings. The van der Waals surface area contributed by atoms with Crippen molar-refractivity contribution in [1.29, 1.82) is 0 Å². The van der Waals surface area contributed by atoms with Crippen LogP contribution in [0.2, 0.25) is 0 Å². The van der Waals surface area contributed by atoms with Crippen molar-refractivity contribution in [3.63, 3.8) is 0 Å². The summed E-state index contributed by atoms with van der Waals surface area (Å²) < 4.78 is 24.7. The number of morpholine rings is 1. The third kappa shape index (κ3) is 4.11. The van der Waals surface area contributed by atoms with Gasteiger partial charge in [0.25, 0.3) is 0 Å². The summed E-state index contributed by atoms with van der Waals surface area (Å²) in [4.78, 5) is 28.4. The van der Waals surface area contributed by atoms with Crippen molar-refractivity contribution >= 4 is 45.1 Å². The molecular formula is C26H27FN6O3. The molecule has 0 bridgehead atoms. The molecule has 0 unspecified atom stereocenters. The lowest BCUT2D eigenvalue weighted by Crippen LogP contribution is -2.41. The Morgan fingerprint density at radius 2 is 2.11 bits per heavy atom. The van der Waals surface area contributed by atoms with Crippen LogP contribution in [0.4, 0.5) is 21.7 Å². The highest BCUT2D eigenvalue weighted by Gasteiger charge is 2.43. The minimum atomic E-state index is -0.478. The van der Waals surface area contributed by atoms with E-state index in [-0.39, 0.29) is 23.8 Å². The first-order chi connectivity index (χ1) is 17.5. The van der Waals surface area contributed by atoms with Crippen molar-refractivity contribution in [2.75, 3.05) is 49.0 Å². The largest absolute Gasteiger partial charge is 0.436 e. The highest BCUT2D eigenvalue weighted by Crippen LogP contribution is 2.40. The number of anilines is 3. The number of aromatic nitrogens is 3. The summed E-state index contributed by atoms with van der Waals surface area (Å²) in [6.45, 7) is 3.94. The number of pyridine rings is 2. The van der Waals surface area contributed by atoms with Crippen molar-refractivity contribution in [3.05, 3.63) is 36.7 Å². The van der Waals surface area contributed by atoms with E-state index in [1.807, 2.05) is 18.2 Å². The van der Waals surface area contributed by atoms with Gasteiger partial charge in [0.15, 0.2) is 5.58 Å². The average molecular weight is 491 g/mol. The quantitative estimate of drug-likeness (QED) is 0.413. The number of benzene rings is 1. The van der Waals surface area contributed by atoms with Gasteiger partial charge in [-0.3, -0.25) is 9.18 Å². The van der Waals surface area contributed by atoms with Gasteiger partial charge >= 0.3 is 0 Å². The molecule has 1 saturated carbocycles. The molecule has 186 valence electrons. The van der Waals surface area contributed by atoms with Gasteiger partial charge in [0.1, 0.15) is 17.2 Å². The maximum absolute atomic E-state index is 12.9. The molecule has 6 rings (SSSR count). The first kappa shape index (κ1) is 22.7. The highest BCUT2D eigenvalue weighted by atomic mass is 19.1. The second-order valence-corrected chi connectivity index (χ2v) is 9.43. The Bertz CT molecular complexity index is 1460. The minimum absolute atomic E-state index is 0.177. The number of amides is 1. The fourth-order valence-corrected chi connectivity index (χ4v) is 4.81. The Morgan fingerprint density at radius 1 is 1.22 bits per heavy atom. The Balaban J connectivity index is 1.36. The van der Waals surface area contributed by atoms with Crippen molar-refractivity contribution < 1.29 is 18.3 Å². The van der Waals surface area contributed by atoms with Gasteiger partial charge in [-0.05, 0) is 43.5 Å². The van der Waals surface area contributed by atoms with Gasteiger partial charge in [0.2, 0.25) is 11.8 Å². The van der Waals surface area contributed by atoms with Crippen LogP contribution in [0.1, 0.15) is 13.3 Å². The number of rotatable bonds is 6. The summed E-state index contributed by atoms with van der Waals surface area (Å²) in [6, 6.07) is 7.79. The molecule has 3 atom stereocenters. The van der Waals surface area contributed by atoms with Gasteiger partial charge in [-0.2, -0.15) is 0 Å². The topological polar surface area (TPSA) is 105 Å². The molecule has 4 heterocycles. The smallest absolute Gasteiger partial charge is 0.229 e. The van der Waals surface area contributed by atoms with E-state index in [1.54, 1.807) is 25.5 Å². The number of alkyl halides is 1. The number of nitrogens with zero attached hydrogens (tertiary/aromatic N) is 4. The van der Waals surface area contributed by atoms with E-state index in [2.05, 4.69) is 32.4 Å². The van der Waals surface area contributed by atoms with E-state index in [1.165, 1.54) is 0 Å². The summed E-state index contributed by atoms with van der Waals surface area (Å²) in [5, 5.41) is 7.46. The number of ether oxygens (including phenoxy) is 1. The van der Waals surface area contributed by atoms with Crippen molar-refractivity contribution in [2.24, 2.45) is 11.8 Å². The van der Waals surface area contributed by atoms with Crippen LogP contribution in [0.25, 0.3) is 33.3 Å². The van der Waals surface area contributed by atoms with Crippen LogP contribution in [-0.4, -0.2) is 60.4 Å². The monoisotopic (exact) mass is 490 g/mol. The predicted octanol–water partition coefficient (Wildman–Crippen LogP) is 4.25. The van der Waals surface area contributed by atoms with Crippen LogP contribution < -0.4 is 15.5 Å². The Hall–Kier alpha value is -3.79. The second kappa shape index (κ2) is 9.02. The number of carbonyl (C=O) groups excluding carboxylic acids is 1. The number of fused-ring (bicyclic) bond motifs is 2. The zero-order valence-electron chi connectivity index (χ0n) is 20.1. The molecule has 0 radical (unpaired) electrons. The molecule has 2 aliphatic rings. The maximum Gasteiger partial charge on any atom is 0.229 e. The van der Waals surface area contributed by atoms with E-state index in [9.17, 15) is 9.18 Å². The molecule has 4 aromatic rings. The van der Waals surface area contributed by atoms with Crippen molar-refractivity contribution in [1.82, 2.24) is 15.0 Å². The van der Waals surface area contributed by atoms with E-state index in [0.29, 0.717) is 41.7 Å². The molecule has 1 aromatic carbocycles. The maximum atomic E-state index is 12.9. The molecule has 1 saturated heterocycles. The summed E-state index contributed by atoms with van der Waals surface area (Å²) in [5.74, 6) is 0.788. The van der Waals surface area contributed by atoms with Gasteiger partial charge in [-0.1, -0.05) is 0 Å². The zero-order chi connectivity index (χ0) is 24.8. The number of oxazole rings is 1. The Kier molecular flexibility index (Phi) is 5.67. The summed E-state index contributed by atoms with van der Waals surface area (Å²) in [5.41, 5.74) is 3.19. The SMILES string of the molecule is CNc1ncc(-c2nc3cc(N4CCO[C@@H](C)C4)ccc3o2)c2cc(NC(=O)[C@@H]3C[C@@H]3CF)ncc12. The lowest BCUT2D eigenvalue weighted by molar-refractivity contribution is -0.117. The molecule has 1 amide bonds. The van der Waals surface area contributed by atoms with Crippen molar-refractivity contribution in [3.8, 4) is 11.5 Å². The standard InChI is InChI=1S/C26H27FN6O3/c1-14-13-33(5-6-35-14)16-3-4-22-21(8-16)31-26(36-22)20-12-30-24(28-2)19-11-29-23(9-18(19)20)32-25(34)17-7-15(17)10-27/h3-4,8-9,11-12,14-15,17H,5-7,10,13H2,1-2H3,(H,28,30)(H,29,32,34)/t14-,15+,17+/m0/s1. The molecule has 2 N–H and O–H groups in total. The summed E-state index contributed by atoms with van der Waals surface area (Å²) in [6.07, 6.45) is 4.11. The number of hydrogen-bond acceptors (Lipinski definition) is 8. The third-order valence-electron chi connectivity index (χ3n) is 6.93. The Labute approximate surface area is 207 Å². The zero-order valence-corrected chi connectivity index (χ0v) is 20.1. The molecule has 36 heavy (non-hydrogen) atoms. The van der Waals surface area contributed by atoms with Gasteiger partial charge in [-0.25, -0.2) is 15.0 Å². The lowest BCUT2D eigenvalue weighted by Gasteiger charge is -2.32. The number of carbonyl (C=O) groups is 1. The van der Waals surface area contributed by atoms with Gasteiger partial charge < -0.3 is 24.7 Å². The predicted molar refractivity (Wildman–Crippen MR) is 136 cm³/mol. The second-order valence-electron chi connectivity index (χ2n) is 9.43. The third-order valence-corrected chi connectivity index (χ3v) is 6.93. The van der Waals surface area contributed by atoms with Crippen LogP contribution in [0.5, 0.6) is 0 Å². The highest BCUT2D eigenvalue weighted by molar-refractivity contribution is 6.03. The average Bonchev–Trinajstić information content (AvgIpc) is 3.58. The number of hydrogen-bond donors (Lipinski definition) is 2. The van der Waals surface area contributed by atoms with Gasteiger partial charge in [0.05, 0.1) is 24.9 Å². The molecule has 1 aliphatic heterocycles. The first-order valence-corrected chi connectivity index (χ1v) is 12.1. The molecule has 10 heteroatoms. The van der Waals surface area contributed by atoms with Crippen LogP contribution in [0, 0.1) is 11.8 Å². The first-order valence-electron chi connectivity index (χ1n) is 12.1. The normalized spacial score (nSPS) is 21.6. The summed E-state index contributed by atoms with van der Waals surface area (Å²) in [7, 11) is 1.79. The number of halogens is 1. The van der Waals surface area contributed by atoms with Crippen LogP contribution in [-0.2, 0) is 9.53 Å². The van der Waals surface area contributed by atoms with E-state index in [4.69, 9.17) is 14.1 Å². The van der Waals surface area contributed by atoms with Crippen molar-refractivity contribution in [2.45, 2.75) is 19.4 Å². The van der Waals surface area contributed by atoms with E-state index >= 15 is 0 Å². The molecule has 1 aliphatic carbocycles. The molecule has 9 nitrogen and oxygen atoms in total.